The van der Waals surface area contributed by atoms with Crippen LogP contribution in [0.1, 0.15) is 36.6 Å². The molecule has 4 heterocycles. The summed E-state index contributed by atoms with van der Waals surface area (Å²) in [6, 6.07) is 1.40. The van der Waals surface area contributed by atoms with Crippen molar-refractivity contribution in [3.05, 3.63) is 68.9 Å². The smallest absolute Gasteiger partial charge is 0.309 e. The van der Waals surface area contributed by atoms with Crippen molar-refractivity contribution in [2.24, 2.45) is 10.9 Å². The molecule has 1 aliphatic carbocycles. The summed E-state index contributed by atoms with van der Waals surface area (Å²) in [5, 5.41) is 11.1. The van der Waals surface area contributed by atoms with Gasteiger partial charge in [-0.25, -0.2) is 4.39 Å². The summed E-state index contributed by atoms with van der Waals surface area (Å²) in [6.07, 6.45) is 6.84. The fourth-order valence-corrected chi connectivity index (χ4v) is 4.46. The molecule has 0 radical (unpaired) electrons. The van der Waals surface area contributed by atoms with Crippen LogP contribution in [0.5, 0.6) is 0 Å². The monoisotopic (exact) mass is 382 g/mol. The number of esters is 1. The Hall–Kier alpha value is -2.80. The topological polar surface area (TPSA) is 80.9 Å². The molecule has 7 heteroatoms. The first-order chi connectivity index (χ1) is 13.4. The molecule has 6 nitrogen and oxygen atoms in total. The number of carbonyl (C=O) groups excluding carboxylic acids is 1. The van der Waals surface area contributed by atoms with Crippen LogP contribution in [0.3, 0.4) is 0 Å². The molecule has 5 rings (SSSR count). The number of dihydropyridines is 1. The second kappa shape index (κ2) is 5.85. The van der Waals surface area contributed by atoms with Crippen molar-refractivity contribution in [3.8, 4) is 0 Å². The van der Waals surface area contributed by atoms with Crippen LogP contribution in [0.25, 0.3) is 0 Å². The molecule has 1 aromatic rings. The maximum absolute atomic E-state index is 14.2. The van der Waals surface area contributed by atoms with Crippen molar-refractivity contribution in [2.45, 2.75) is 44.6 Å². The van der Waals surface area contributed by atoms with E-state index < -0.39 is 17.5 Å². The number of aliphatic imine (C=N–C) groups is 1. The average molecular weight is 382 g/mol. The quantitative estimate of drug-likeness (QED) is 0.754. The van der Waals surface area contributed by atoms with Gasteiger partial charge in [-0.05, 0) is 29.7 Å². The van der Waals surface area contributed by atoms with Gasteiger partial charge in [0.15, 0.2) is 0 Å². The van der Waals surface area contributed by atoms with Gasteiger partial charge in [-0.2, -0.15) is 0 Å². The van der Waals surface area contributed by atoms with E-state index in [1.807, 2.05) is 12.2 Å². The summed E-state index contributed by atoms with van der Waals surface area (Å²) in [6.45, 7) is 1.90. The molecular weight excluding hydrogens is 363 g/mol. The van der Waals surface area contributed by atoms with E-state index in [-0.39, 0.29) is 36.9 Å². The minimum absolute atomic E-state index is 0.160. The largest absolute Gasteiger partial charge is 0.460 e. The lowest BCUT2D eigenvalue weighted by atomic mass is 9.85. The Morgan fingerprint density at radius 3 is 3.04 bits per heavy atom. The Labute approximate surface area is 160 Å². The van der Waals surface area contributed by atoms with Crippen LogP contribution in [-0.4, -0.2) is 27.4 Å². The molecule has 1 aromatic heterocycles. The lowest BCUT2D eigenvalue weighted by Gasteiger charge is -2.27. The van der Waals surface area contributed by atoms with Crippen LogP contribution in [0.4, 0.5) is 4.39 Å². The van der Waals surface area contributed by atoms with Crippen LogP contribution in [-0.2, 0) is 28.3 Å². The number of fused-ring (bicyclic) bond motifs is 5. The van der Waals surface area contributed by atoms with Gasteiger partial charge in [0, 0.05) is 0 Å². The third-order valence-electron chi connectivity index (χ3n) is 6.09. The van der Waals surface area contributed by atoms with Gasteiger partial charge in [-0.3, -0.25) is 14.6 Å². The third-order valence-corrected chi connectivity index (χ3v) is 6.09. The van der Waals surface area contributed by atoms with Crippen LogP contribution in [0, 0.1) is 5.92 Å². The summed E-state index contributed by atoms with van der Waals surface area (Å²) in [7, 11) is 0. The van der Waals surface area contributed by atoms with Crippen molar-refractivity contribution < 1.29 is 19.0 Å². The van der Waals surface area contributed by atoms with E-state index in [0.29, 0.717) is 29.1 Å². The molecule has 0 bridgehead atoms. The number of ether oxygens (including phenoxy) is 1. The first kappa shape index (κ1) is 17.3. The highest BCUT2D eigenvalue weighted by Gasteiger charge is 2.41. The van der Waals surface area contributed by atoms with Gasteiger partial charge in [0.25, 0.3) is 5.56 Å². The van der Waals surface area contributed by atoms with Crippen LogP contribution < -0.4 is 5.56 Å². The summed E-state index contributed by atoms with van der Waals surface area (Å²) < 4.78 is 20.9. The second-order valence-electron chi connectivity index (χ2n) is 7.66. The predicted octanol–water partition coefficient (Wildman–Crippen LogP) is 2.04. The zero-order valence-electron chi connectivity index (χ0n) is 15.3. The van der Waals surface area contributed by atoms with E-state index in [1.54, 1.807) is 23.6 Å². The van der Waals surface area contributed by atoms with E-state index in [1.165, 1.54) is 6.08 Å². The van der Waals surface area contributed by atoms with Crippen LogP contribution in [0.15, 0.2) is 51.6 Å². The minimum Gasteiger partial charge on any atom is -0.460 e. The number of hydrogen-bond donors (Lipinski definition) is 1. The highest BCUT2D eigenvalue weighted by atomic mass is 19.1. The number of rotatable bonds is 1. The number of pyridine rings is 1. The highest BCUT2D eigenvalue weighted by Crippen LogP contribution is 2.38. The maximum Gasteiger partial charge on any atom is 0.309 e. The Balaban J connectivity index is 1.70. The zero-order valence-corrected chi connectivity index (χ0v) is 15.3. The van der Waals surface area contributed by atoms with Crippen molar-refractivity contribution in [3.63, 3.8) is 0 Å². The van der Waals surface area contributed by atoms with Crippen molar-refractivity contribution in [1.29, 1.82) is 0 Å². The van der Waals surface area contributed by atoms with Crippen LogP contribution in [0.2, 0.25) is 0 Å². The zero-order chi connectivity index (χ0) is 19.6. The highest BCUT2D eigenvalue weighted by molar-refractivity contribution is 6.14. The number of cyclic esters (lactones) is 1. The molecule has 3 aliphatic heterocycles. The molecule has 3 atom stereocenters. The SMILES string of the molecule is CC[C@@]1(O)CC(=O)OCc2c1cc1n(c2=O)CC2=CC3C(F)=CC=CC3N=C21. The summed E-state index contributed by atoms with van der Waals surface area (Å²) in [5.74, 6) is -1.22. The van der Waals surface area contributed by atoms with E-state index in [0.717, 1.165) is 5.57 Å². The minimum atomic E-state index is -1.46. The molecule has 0 spiro atoms. The summed E-state index contributed by atoms with van der Waals surface area (Å²) >= 11 is 0. The second-order valence-corrected chi connectivity index (χ2v) is 7.66. The number of halogens is 1. The van der Waals surface area contributed by atoms with Gasteiger partial charge in [-0.15, -0.1) is 0 Å². The Morgan fingerprint density at radius 1 is 1.43 bits per heavy atom. The number of aromatic nitrogens is 1. The molecule has 4 aliphatic rings. The van der Waals surface area contributed by atoms with Gasteiger partial charge in [0.05, 0.1) is 41.9 Å². The van der Waals surface area contributed by atoms with E-state index in [2.05, 4.69) is 0 Å². The summed E-state index contributed by atoms with van der Waals surface area (Å²) in [4.78, 5) is 29.8. The van der Waals surface area contributed by atoms with Crippen LogP contribution >= 0.6 is 0 Å². The van der Waals surface area contributed by atoms with Gasteiger partial charge in [-0.1, -0.05) is 25.2 Å². The lowest BCUT2D eigenvalue weighted by molar-refractivity contribution is -0.149. The molecule has 0 fully saturated rings. The molecule has 1 N–H and O–H groups in total. The number of carbonyl (C=O) groups is 1. The van der Waals surface area contributed by atoms with Gasteiger partial charge < -0.3 is 14.4 Å². The predicted molar refractivity (Wildman–Crippen MR) is 99.5 cm³/mol. The number of nitrogens with zero attached hydrogens (tertiary/aromatic N) is 2. The first-order valence-electron chi connectivity index (χ1n) is 9.39. The van der Waals surface area contributed by atoms with Gasteiger partial charge in [0.1, 0.15) is 18.0 Å². The normalized spacial score (nSPS) is 30.1. The van der Waals surface area contributed by atoms with E-state index in [4.69, 9.17) is 9.73 Å². The first-order valence-corrected chi connectivity index (χ1v) is 9.39. The fraction of sp³-hybridized carbons (Fsp3) is 0.381. The number of allylic oxidation sites excluding steroid dienone is 3. The number of aliphatic hydroxyl groups is 1. The molecule has 0 aromatic carbocycles. The average Bonchev–Trinajstić information content (AvgIpc) is 2.97. The molecule has 144 valence electrons. The molecule has 0 saturated carbocycles. The molecule has 0 saturated heterocycles. The van der Waals surface area contributed by atoms with E-state index in [9.17, 15) is 19.1 Å². The molecule has 28 heavy (non-hydrogen) atoms. The maximum atomic E-state index is 14.2. The standard InChI is InChI=1S/C21H19FN2O4/c1-2-21(27)8-18(25)28-10-13-14(21)7-17-19-11(9-24(17)20(13)26)6-12-15(22)4-3-5-16(12)23-19/h3-7,12,16,27H,2,8-10H2,1H3/t12?,16?,21-/m1/s1. The molecular formula is C21H19FN2O4. The Morgan fingerprint density at radius 2 is 2.25 bits per heavy atom. The fourth-order valence-electron chi connectivity index (χ4n) is 4.46. The molecule has 2 unspecified atom stereocenters. The third kappa shape index (κ3) is 2.32. The lowest BCUT2D eigenvalue weighted by Crippen LogP contribution is -2.33. The van der Waals surface area contributed by atoms with Gasteiger partial charge >= 0.3 is 5.97 Å². The van der Waals surface area contributed by atoms with Gasteiger partial charge in [0.2, 0.25) is 0 Å². The Kier molecular flexibility index (Phi) is 3.61. The van der Waals surface area contributed by atoms with Crippen molar-refractivity contribution >= 4 is 11.7 Å². The Bertz CT molecular complexity index is 1090. The van der Waals surface area contributed by atoms with Crippen molar-refractivity contribution in [1.82, 2.24) is 4.57 Å². The van der Waals surface area contributed by atoms with Crippen molar-refractivity contribution in [2.75, 3.05) is 0 Å². The molecule has 0 amide bonds. The summed E-state index contributed by atoms with van der Waals surface area (Å²) in [5.41, 5.74) is 1.00. The van der Waals surface area contributed by atoms with E-state index >= 15 is 0 Å². The number of hydrogen-bond acceptors (Lipinski definition) is 5.